The number of hydrogen-bond acceptors (Lipinski definition) is 4. The normalized spacial score (nSPS) is 15.0. The molecule has 184 valence electrons. The number of nitrogens with one attached hydrogen (secondary N) is 1. The summed E-state index contributed by atoms with van der Waals surface area (Å²) >= 11 is 3.34. The van der Waals surface area contributed by atoms with Crippen LogP contribution in [-0.2, 0) is 26.0 Å². The maximum Gasteiger partial charge on any atom is 0.244 e. The highest BCUT2D eigenvalue weighted by molar-refractivity contribution is 9.10. The molecule has 0 aromatic heterocycles. The zero-order chi connectivity index (χ0) is 24.7. The highest BCUT2D eigenvalue weighted by Crippen LogP contribution is 2.22. The number of hydrogen-bond donors (Lipinski definition) is 1. The number of sulfonamides is 1. The van der Waals surface area contributed by atoms with Gasteiger partial charge < -0.3 is 10.2 Å². The fourth-order valence-corrected chi connectivity index (χ4v) is 5.30. The maximum absolute atomic E-state index is 13.5. The van der Waals surface area contributed by atoms with Crippen molar-refractivity contribution >= 4 is 43.5 Å². The SMILES string of the molecule is C[C@@H](C(=O)NC1CCCC1)N(CCc1ccccc1)C(=O)CN(c1ccc(Br)cc1)S(C)(=O)=O. The Labute approximate surface area is 210 Å². The minimum atomic E-state index is -3.72. The van der Waals surface area contributed by atoms with E-state index in [0.717, 1.165) is 46.3 Å². The lowest BCUT2D eigenvalue weighted by Gasteiger charge is -2.32. The largest absolute Gasteiger partial charge is 0.352 e. The average molecular weight is 551 g/mol. The van der Waals surface area contributed by atoms with Gasteiger partial charge in [0.1, 0.15) is 12.6 Å². The Kier molecular flexibility index (Phi) is 9.13. The fraction of sp³-hybridized carbons (Fsp3) is 0.440. The van der Waals surface area contributed by atoms with Gasteiger partial charge in [-0.3, -0.25) is 13.9 Å². The van der Waals surface area contributed by atoms with E-state index in [9.17, 15) is 18.0 Å². The van der Waals surface area contributed by atoms with Gasteiger partial charge in [0.25, 0.3) is 0 Å². The van der Waals surface area contributed by atoms with Crippen LogP contribution in [0, 0.1) is 0 Å². The summed E-state index contributed by atoms with van der Waals surface area (Å²) in [5.74, 6) is -0.624. The Hall–Kier alpha value is -2.39. The number of amides is 2. The molecule has 1 aliphatic rings. The molecular formula is C25H32BrN3O4S. The number of carbonyl (C=O) groups excluding carboxylic acids is 2. The van der Waals surface area contributed by atoms with Crippen molar-refractivity contribution in [3.05, 3.63) is 64.6 Å². The molecule has 0 saturated heterocycles. The summed E-state index contributed by atoms with van der Waals surface area (Å²) in [5.41, 5.74) is 1.43. The average Bonchev–Trinajstić information content (AvgIpc) is 3.31. The van der Waals surface area contributed by atoms with Gasteiger partial charge in [0.05, 0.1) is 11.9 Å². The van der Waals surface area contributed by atoms with Crippen molar-refractivity contribution in [3.63, 3.8) is 0 Å². The Morgan fingerprint density at radius 2 is 1.68 bits per heavy atom. The van der Waals surface area contributed by atoms with Crippen LogP contribution in [0.3, 0.4) is 0 Å². The van der Waals surface area contributed by atoms with E-state index in [1.54, 1.807) is 31.2 Å². The van der Waals surface area contributed by atoms with Gasteiger partial charge in [-0.15, -0.1) is 0 Å². The first-order valence-corrected chi connectivity index (χ1v) is 14.2. The number of rotatable bonds is 10. The summed E-state index contributed by atoms with van der Waals surface area (Å²) in [5, 5.41) is 3.06. The molecule has 2 aromatic carbocycles. The van der Waals surface area contributed by atoms with Crippen molar-refractivity contribution in [2.45, 2.75) is 51.1 Å². The number of carbonyl (C=O) groups is 2. The zero-order valence-electron chi connectivity index (χ0n) is 19.6. The minimum Gasteiger partial charge on any atom is -0.352 e. The second kappa shape index (κ2) is 11.8. The smallest absolute Gasteiger partial charge is 0.244 e. The van der Waals surface area contributed by atoms with Gasteiger partial charge in [-0.2, -0.15) is 0 Å². The molecule has 1 fully saturated rings. The molecule has 7 nitrogen and oxygen atoms in total. The third kappa shape index (κ3) is 7.30. The van der Waals surface area contributed by atoms with E-state index in [0.29, 0.717) is 18.7 Å². The molecule has 0 bridgehead atoms. The summed E-state index contributed by atoms with van der Waals surface area (Å²) in [4.78, 5) is 28.0. The molecule has 0 heterocycles. The van der Waals surface area contributed by atoms with Gasteiger partial charge in [0, 0.05) is 17.1 Å². The van der Waals surface area contributed by atoms with E-state index >= 15 is 0 Å². The van der Waals surface area contributed by atoms with Crippen LogP contribution in [0.5, 0.6) is 0 Å². The van der Waals surface area contributed by atoms with Crippen LogP contribution in [0.4, 0.5) is 5.69 Å². The Morgan fingerprint density at radius 3 is 2.26 bits per heavy atom. The van der Waals surface area contributed by atoms with Gasteiger partial charge in [0.15, 0.2) is 0 Å². The van der Waals surface area contributed by atoms with Crippen LogP contribution < -0.4 is 9.62 Å². The molecule has 1 N–H and O–H groups in total. The molecule has 3 rings (SSSR count). The van der Waals surface area contributed by atoms with Crippen LogP contribution in [0.2, 0.25) is 0 Å². The highest BCUT2D eigenvalue weighted by atomic mass is 79.9. The first-order chi connectivity index (χ1) is 16.1. The van der Waals surface area contributed by atoms with E-state index < -0.39 is 22.0 Å². The van der Waals surface area contributed by atoms with Gasteiger partial charge in [-0.05, 0) is 56.0 Å². The lowest BCUT2D eigenvalue weighted by Crippen LogP contribution is -2.53. The van der Waals surface area contributed by atoms with Crippen molar-refractivity contribution in [1.82, 2.24) is 10.2 Å². The van der Waals surface area contributed by atoms with Gasteiger partial charge in [-0.1, -0.05) is 59.1 Å². The predicted octanol–water partition coefficient (Wildman–Crippen LogP) is 3.73. The van der Waals surface area contributed by atoms with E-state index in [1.165, 1.54) is 4.90 Å². The molecule has 1 atom stereocenters. The molecule has 0 unspecified atom stereocenters. The first kappa shape index (κ1) is 26.2. The Balaban J connectivity index is 1.81. The molecule has 0 radical (unpaired) electrons. The lowest BCUT2D eigenvalue weighted by atomic mass is 10.1. The van der Waals surface area contributed by atoms with Gasteiger partial charge in [-0.25, -0.2) is 8.42 Å². The Morgan fingerprint density at radius 1 is 1.06 bits per heavy atom. The summed E-state index contributed by atoms with van der Waals surface area (Å²) in [6.45, 7) is 1.63. The van der Waals surface area contributed by atoms with Crippen molar-refractivity contribution in [3.8, 4) is 0 Å². The second-order valence-electron chi connectivity index (χ2n) is 8.73. The van der Waals surface area contributed by atoms with Crippen molar-refractivity contribution < 1.29 is 18.0 Å². The van der Waals surface area contributed by atoms with E-state index in [2.05, 4.69) is 21.2 Å². The minimum absolute atomic E-state index is 0.135. The molecule has 0 spiro atoms. The topological polar surface area (TPSA) is 86.8 Å². The van der Waals surface area contributed by atoms with Gasteiger partial charge in [0.2, 0.25) is 21.8 Å². The van der Waals surface area contributed by atoms with Crippen molar-refractivity contribution in [2.75, 3.05) is 23.7 Å². The monoisotopic (exact) mass is 549 g/mol. The lowest BCUT2D eigenvalue weighted by molar-refractivity contribution is -0.139. The number of anilines is 1. The molecule has 0 aliphatic heterocycles. The van der Waals surface area contributed by atoms with Crippen LogP contribution in [0.15, 0.2) is 59.1 Å². The fourth-order valence-electron chi connectivity index (χ4n) is 4.18. The van der Waals surface area contributed by atoms with Crippen molar-refractivity contribution in [2.24, 2.45) is 0 Å². The second-order valence-corrected chi connectivity index (χ2v) is 11.6. The molecule has 34 heavy (non-hydrogen) atoms. The number of nitrogens with zero attached hydrogens (tertiary/aromatic N) is 2. The Bertz CT molecular complexity index is 1070. The summed E-state index contributed by atoms with van der Waals surface area (Å²) in [6.07, 6.45) is 5.71. The van der Waals surface area contributed by atoms with Crippen molar-refractivity contribution in [1.29, 1.82) is 0 Å². The molecule has 2 aromatic rings. The van der Waals surface area contributed by atoms with E-state index in [4.69, 9.17) is 0 Å². The standard InChI is InChI=1S/C25H32BrN3O4S/c1-19(25(31)27-22-10-6-7-11-22)28(17-16-20-8-4-3-5-9-20)24(30)18-29(34(2,32)33)23-14-12-21(26)13-15-23/h3-5,8-9,12-15,19,22H,6-7,10-11,16-18H2,1-2H3,(H,27,31)/t19-/m0/s1. The zero-order valence-corrected chi connectivity index (χ0v) is 22.0. The molecule has 9 heteroatoms. The molecular weight excluding hydrogens is 518 g/mol. The van der Waals surface area contributed by atoms with E-state index in [1.807, 2.05) is 30.3 Å². The molecule has 2 amide bonds. The van der Waals surface area contributed by atoms with Crippen LogP contribution in [-0.4, -0.2) is 56.6 Å². The maximum atomic E-state index is 13.5. The van der Waals surface area contributed by atoms with Crippen LogP contribution >= 0.6 is 15.9 Å². The molecule has 1 aliphatic carbocycles. The summed E-state index contributed by atoms with van der Waals surface area (Å²) < 4.78 is 27.0. The van der Waals surface area contributed by atoms with Crippen LogP contribution in [0.1, 0.15) is 38.2 Å². The summed E-state index contributed by atoms with van der Waals surface area (Å²) in [6, 6.07) is 15.9. The highest BCUT2D eigenvalue weighted by Gasteiger charge is 2.31. The number of halogens is 1. The van der Waals surface area contributed by atoms with E-state index in [-0.39, 0.29) is 18.5 Å². The molecule has 1 saturated carbocycles. The van der Waals surface area contributed by atoms with Crippen LogP contribution in [0.25, 0.3) is 0 Å². The number of benzene rings is 2. The first-order valence-electron chi connectivity index (χ1n) is 11.5. The summed E-state index contributed by atoms with van der Waals surface area (Å²) in [7, 11) is -3.72. The predicted molar refractivity (Wildman–Crippen MR) is 138 cm³/mol. The quantitative estimate of drug-likeness (QED) is 0.489. The third-order valence-corrected chi connectivity index (χ3v) is 7.82. The van der Waals surface area contributed by atoms with Gasteiger partial charge >= 0.3 is 0 Å². The third-order valence-electron chi connectivity index (χ3n) is 6.15.